The van der Waals surface area contributed by atoms with Crippen molar-refractivity contribution < 1.29 is 19.8 Å². The van der Waals surface area contributed by atoms with E-state index in [9.17, 15) is 4.79 Å². The number of aromatic carboxylic acids is 1. The van der Waals surface area contributed by atoms with E-state index in [1.54, 1.807) is 18.2 Å². The van der Waals surface area contributed by atoms with Gasteiger partial charge in [0.15, 0.2) is 0 Å². The van der Waals surface area contributed by atoms with Crippen LogP contribution in [-0.2, 0) is 4.84 Å². The van der Waals surface area contributed by atoms with E-state index < -0.39 is 5.97 Å². The second-order valence-corrected chi connectivity index (χ2v) is 5.03. The molecule has 1 aromatic rings. The summed E-state index contributed by atoms with van der Waals surface area (Å²) >= 11 is 0. The first-order chi connectivity index (χ1) is 12.0. The van der Waals surface area contributed by atoms with Gasteiger partial charge in [-0.15, -0.1) is 0 Å². The molecule has 5 nitrogen and oxygen atoms in total. The maximum Gasteiger partial charge on any atom is 0.335 e. The molecular weight excluding hydrogens is 318 g/mol. The maximum atomic E-state index is 10.8. The molecule has 0 bridgehead atoms. The fourth-order valence-electron chi connectivity index (χ4n) is 1.90. The van der Waals surface area contributed by atoms with Crippen molar-refractivity contribution in [2.45, 2.75) is 26.7 Å². The number of oxime groups is 1. The van der Waals surface area contributed by atoms with Crippen molar-refractivity contribution in [3.63, 3.8) is 0 Å². The normalized spacial score (nSPS) is 11.7. The largest absolute Gasteiger partial charge is 0.478 e. The van der Waals surface area contributed by atoms with Crippen LogP contribution in [0.1, 0.15) is 42.6 Å². The summed E-state index contributed by atoms with van der Waals surface area (Å²) < 4.78 is 0. The summed E-state index contributed by atoms with van der Waals surface area (Å²) in [4.78, 5) is 15.4. The zero-order valence-electron chi connectivity index (χ0n) is 15.1. The van der Waals surface area contributed by atoms with E-state index in [1.807, 2.05) is 6.08 Å². The van der Waals surface area contributed by atoms with E-state index in [2.05, 4.69) is 42.6 Å². The summed E-state index contributed by atoms with van der Waals surface area (Å²) in [5.41, 5.74) is 2.64. The molecule has 0 saturated carbocycles. The van der Waals surface area contributed by atoms with E-state index >= 15 is 0 Å². The van der Waals surface area contributed by atoms with Crippen LogP contribution in [0, 0.1) is 0 Å². The number of rotatable bonds is 8. The molecule has 0 spiro atoms. The van der Waals surface area contributed by atoms with Gasteiger partial charge >= 0.3 is 5.97 Å². The number of benzene rings is 1. The summed E-state index contributed by atoms with van der Waals surface area (Å²) in [6.45, 7) is 7.73. The smallest absolute Gasteiger partial charge is 0.335 e. The lowest BCUT2D eigenvalue weighted by atomic mass is 10.0. The Kier molecular flexibility index (Phi) is 12.3. The number of hydrogen-bond donors (Lipinski definition) is 2. The van der Waals surface area contributed by atoms with E-state index in [0.29, 0.717) is 17.7 Å². The minimum Gasteiger partial charge on any atom is -0.478 e. The van der Waals surface area contributed by atoms with Gasteiger partial charge in [0.1, 0.15) is 7.11 Å². The first kappa shape index (κ1) is 22.3. The van der Waals surface area contributed by atoms with Crippen LogP contribution in [0.5, 0.6) is 0 Å². The summed E-state index contributed by atoms with van der Waals surface area (Å²) in [7, 11) is 1.40. The Morgan fingerprint density at radius 1 is 1.36 bits per heavy atom. The van der Waals surface area contributed by atoms with Crippen LogP contribution >= 0.6 is 0 Å². The number of aliphatic hydroxyl groups is 1. The van der Waals surface area contributed by atoms with Crippen LogP contribution < -0.4 is 0 Å². The van der Waals surface area contributed by atoms with Crippen molar-refractivity contribution in [2.75, 3.05) is 13.7 Å². The average molecular weight is 345 g/mol. The van der Waals surface area contributed by atoms with Crippen LogP contribution in [0.4, 0.5) is 0 Å². The van der Waals surface area contributed by atoms with Gasteiger partial charge in [0, 0.05) is 18.6 Å². The second-order valence-electron chi connectivity index (χ2n) is 5.03. The van der Waals surface area contributed by atoms with E-state index in [0.717, 1.165) is 6.42 Å². The van der Waals surface area contributed by atoms with Gasteiger partial charge < -0.3 is 15.1 Å². The third kappa shape index (κ3) is 9.94. The first-order valence-electron chi connectivity index (χ1n) is 8.00. The van der Waals surface area contributed by atoms with Gasteiger partial charge in [-0.3, -0.25) is 0 Å². The van der Waals surface area contributed by atoms with Gasteiger partial charge in [-0.25, -0.2) is 4.79 Å². The van der Waals surface area contributed by atoms with Crippen LogP contribution in [-0.4, -0.2) is 35.6 Å². The number of hydrogen-bond acceptors (Lipinski definition) is 4. The fourth-order valence-corrected chi connectivity index (χ4v) is 1.90. The minimum absolute atomic E-state index is 0.0699. The first-order valence-corrected chi connectivity index (χ1v) is 8.00. The molecule has 0 aromatic heterocycles. The lowest BCUT2D eigenvalue weighted by Gasteiger charge is -2.04. The zero-order chi connectivity index (χ0) is 19.1. The van der Waals surface area contributed by atoms with E-state index in [1.165, 1.54) is 24.8 Å². The topological polar surface area (TPSA) is 79.1 Å². The van der Waals surface area contributed by atoms with E-state index in [4.69, 9.17) is 10.2 Å². The lowest BCUT2D eigenvalue weighted by molar-refractivity contribution is 0.0697. The molecule has 136 valence electrons. The molecule has 0 aliphatic heterocycles. The molecule has 2 N–H and O–H groups in total. The van der Waals surface area contributed by atoms with Crippen LogP contribution in [0.3, 0.4) is 0 Å². The van der Waals surface area contributed by atoms with E-state index in [-0.39, 0.29) is 12.2 Å². The number of carboxylic acid groups (broad SMARTS) is 1. The predicted molar refractivity (Wildman–Crippen MR) is 102 cm³/mol. The van der Waals surface area contributed by atoms with Crippen LogP contribution in [0.15, 0.2) is 65.9 Å². The summed E-state index contributed by atoms with van der Waals surface area (Å²) in [5, 5.41) is 21.4. The second kappa shape index (κ2) is 13.7. The highest BCUT2D eigenvalue weighted by atomic mass is 16.6. The van der Waals surface area contributed by atoms with Gasteiger partial charge in [0.25, 0.3) is 0 Å². The van der Waals surface area contributed by atoms with Gasteiger partial charge in [-0.2, -0.15) is 0 Å². The summed E-state index contributed by atoms with van der Waals surface area (Å²) in [5.74, 6) is -0.998. The molecule has 0 aliphatic carbocycles. The Bertz CT molecular complexity index is 630. The van der Waals surface area contributed by atoms with Crippen LogP contribution in [0.25, 0.3) is 0 Å². The number of aliphatic hydroxyl groups excluding tert-OH is 1. The van der Waals surface area contributed by atoms with Crippen LogP contribution in [0.2, 0.25) is 0 Å². The summed E-state index contributed by atoms with van der Waals surface area (Å²) in [6, 6.07) is 6.34. The Labute approximate surface area is 149 Å². The Balaban J connectivity index is 0.000000547. The third-order valence-electron chi connectivity index (χ3n) is 3.01. The number of nitrogens with zero attached hydrogens (tertiary/aromatic N) is 1. The highest BCUT2D eigenvalue weighted by molar-refractivity contribution is 6.02. The molecule has 0 radical (unpaired) electrons. The molecule has 0 heterocycles. The maximum absolute atomic E-state index is 10.8. The average Bonchev–Trinajstić information content (AvgIpc) is 2.60. The molecule has 0 unspecified atom stereocenters. The van der Waals surface area contributed by atoms with Gasteiger partial charge in [-0.1, -0.05) is 60.7 Å². The molecule has 0 fully saturated rings. The van der Waals surface area contributed by atoms with Crippen molar-refractivity contribution in [1.29, 1.82) is 0 Å². The lowest BCUT2D eigenvalue weighted by Crippen LogP contribution is -2.06. The van der Waals surface area contributed by atoms with Gasteiger partial charge in [-0.05, 0) is 25.5 Å². The third-order valence-corrected chi connectivity index (χ3v) is 3.01. The highest BCUT2D eigenvalue weighted by Crippen LogP contribution is 2.09. The molecule has 0 amide bonds. The number of carbonyl (C=O) groups is 1. The highest BCUT2D eigenvalue weighted by Gasteiger charge is 2.08. The Hall–Kier alpha value is -2.66. The molecule has 1 rings (SSSR count). The van der Waals surface area contributed by atoms with Crippen molar-refractivity contribution in [1.82, 2.24) is 0 Å². The Morgan fingerprint density at radius 2 is 2.04 bits per heavy atom. The van der Waals surface area contributed by atoms with Crippen molar-refractivity contribution in [3.8, 4) is 0 Å². The van der Waals surface area contributed by atoms with Gasteiger partial charge in [0.05, 0.1) is 11.3 Å². The molecule has 0 saturated heterocycles. The summed E-state index contributed by atoms with van der Waals surface area (Å²) in [6.07, 6.45) is 9.38. The molecule has 0 atom stereocenters. The standard InChI is InChI=1S/C11H13NO4.C9H14/c1-16-12-10(5-6-13)8-3-2-4-9(7-8)11(14)15;1-4-6-8-9(3)7-5-2/h2-4,7,13H,5-6H2,1H3,(H,14,15);4,6-8H,1,5H2,2-3H3/b12-10+;8-6-,9-7-. The van der Waals surface area contributed by atoms with Crippen molar-refractivity contribution >= 4 is 11.7 Å². The zero-order valence-corrected chi connectivity index (χ0v) is 15.1. The fraction of sp³-hybridized carbons (Fsp3) is 0.300. The molecule has 1 aromatic carbocycles. The molecule has 5 heteroatoms. The van der Waals surface area contributed by atoms with Crippen molar-refractivity contribution in [2.24, 2.45) is 5.16 Å². The number of carboxylic acids is 1. The minimum atomic E-state index is -0.998. The monoisotopic (exact) mass is 345 g/mol. The predicted octanol–water partition coefficient (Wildman–Crippen LogP) is 4.20. The molecular formula is C20H27NO4. The van der Waals surface area contributed by atoms with Crippen molar-refractivity contribution in [3.05, 3.63) is 71.8 Å². The quantitative estimate of drug-likeness (QED) is 0.420. The SMILES string of the molecule is C=C/C=C\C(C)=C/CC.CO/N=C(\CCO)c1cccc(C(=O)O)c1. The molecule has 25 heavy (non-hydrogen) atoms. The van der Waals surface area contributed by atoms with Gasteiger partial charge in [0.2, 0.25) is 0 Å². The molecule has 0 aliphatic rings. The Morgan fingerprint density at radius 3 is 2.56 bits per heavy atom. The number of allylic oxidation sites excluding steroid dienone is 5.